The summed E-state index contributed by atoms with van der Waals surface area (Å²) in [6, 6.07) is 4.39. The number of hydrogen-bond acceptors (Lipinski definition) is 6. The average molecular weight is 635 g/mol. The maximum atomic E-state index is 13.4. The van der Waals surface area contributed by atoms with Crippen molar-refractivity contribution in [3.63, 3.8) is 0 Å². The average Bonchev–Trinajstić information content (AvgIpc) is 2.98. The number of aliphatic hydroxyl groups excluding tert-OH is 1. The first kappa shape index (κ1) is 33.1. The van der Waals surface area contributed by atoms with Crippen molar-refractivity contribution in [3.05, 3.63) is 41.5 Å². The Balaban J connectivity index is 1.40. The Kier molecular flexibility index (Phi) is 7.82. The van der Waals surface area contributed by atoms with Gasteiger partial charge in [-0.3, -0.25) is 4.79 Å². The predicted octanol–water partition coefficient (Wildman–Crippen LogP) is 7.88. The molecule has 0 bridgehead atoms. The van der Waals surface area contributed by atoms with Crippen LogP contribution in [0, 0.1) is 50.2 Å². The molecular formula is C39H54O7. The van der Waals surface area contributed by atoms with E-state index < -0.39 is 22.8 Å². The number of fused-ring (bicyclic) bond motifs is 7. The van der Waals surface area contributed by atoms with Crippen LogP contribution in [0.2, 0.25) is 0 Å². The summed E-state index contributed by atoms with van der Waals surface area (Å²) < 4.78 is 6.22. The summed E-state index contributed by atoms with van der Waals surface area (Å²) in [6.07, 6.45) is 13.2. The fourth-order valence-electron chi connectivity index (χ4n) is 11.8. The minimum atomic E-state index is -0.795. The van der Waals surface area contributed by atoms with Crippen LogP contribution in [0.3, 0.4) is 0 Å². The smallest absolute Gasteiger partial charge is 0.330 e. The number of phenols is 2. The largest absolute Gasteiger partial charge is 0.504 e. The van der Waals surface area contributed by atoms with Gasteiger partial charge in [-0.25, -0.2) is 4.79 Å². The highest BCUT2D eigenvalue weighted by Crippen LogP contribution is 2.76. The fourth-order valence-corrected chi connectivity index (χ4v) is 11.8. The van der Waals surface area contributed by atoms with Gasteiger partial charge < -0.3 is 25.2 Å². The third kappa shape index (κ3) is 4.77. The van der Waals surface area contributed by atoms with Crippen molar-refractivity contribution in [2.75, 3.05) is 6.61 Å². The second-order valence-electron chi connectivity index (χ2n) is 17.5. The molecule has 0 aliphatic heterocycles. The number of aromatic hydroxyl groups is 2. The third-order valence-corrected chi connectivity index (χ3v) is 14.6. The first-order chi connectivity index (χ1) is 21.4. The number of esters is 1. The summed E-state index contributed by atoms with van der Waals surface area (Å²) in [5.41, 5.74) is 0.125. The molecule has 7 nitrogen and oxygen atoms in total. The van der Waals surface area contributed by atoms with Crippen LogP contribution >= 0.6 is 0 Å². The van der Waals surface area contributed by atoms with E-state index in [9.17, 15) is 30.0 Å². The minimum absolute atomic E-state index is 0.00269. The highest BCUT2D eigenvalue weighted by atomic mass is 16.5. The van der Waals surface area contributed by atoms with E-state index in [4.69, 9.17) is 4.74 Å². The topological polar surface area (TPSA) is 124 Å². The molecule has 4 fully saturated rings. The number of hydrogen-bond donors (Lipinski definition) is 4. The summed E-state index contributed by atoms with van der Waals surface area (Å²) in [4.78, 5) is 26.5. The van der Waals surface area contributed by atoms with E-state index in [2.05, 4.69) is 47.6 Å². The van der Waals surface area contributed by atoms with Gasteiger partial charge in [-0.2, -0.15) is 0 Å². The van der Waals surface area contributed by atoms with Crippen LogP contribution in [0.25, 0.3) is 6.08 Å². The zero-order valence-electron chi connectivity index (χ0n) is 28.6. The maximum absolute atomic E-state index is 13.4. The van der Waals surface area contributed by atoms with Crippen molar-refractivity contribution < 1.29 is 34.8 Å². The molecule has 1 aromatic rings. The molecule has 7 heteroatoms. The van der Waals surface area contributed by atoms with Gasteiger partial charge in [-0.1, -0.05) is 59.3 Å². The predicted molar refractivity (Wildman–Crippen MR) is 177 cm³/mol. The van der Waals surface area contributed by atoms with Crippen molar-refractivity contribution in [1.82, 2.24) is 0 Å². The lowest BCUT2D eigenvalue weighted by atomic mass is 9.33. The highest BCUT2D eigenvalue weighted by Gasteiger charge is 2.70. The molecule has 46 heavy (non-hydrogen) atoms. The van der Waals surface area contributed by atoms with E-state index in [1.54, 1.807) is 12.1 Å². The van der Waals surface area contributed by atoms with E-state index in [-0.39, 0.29) is 51.8 Å². The van der Waals surface area contributed by atoms with Crippen LogP contribution < -0.4 is 0 Å². The normalized spacial score (nSPS) is 40.9. The molecule has 5 aliphatic rings. The third-order valence-electron chi connectivity index (χ3n) is 14.6. The van der Waals surface area contributed by atoms with E-state index in [0.29, 0.717) is 36.7 Å². The Bertz CT molecular complexity index is 1470. The van der Waals surface area contributed by atoms with Gasteiger partial charge in [0.05, 0.1) is 11.5 Å². The van der Waals surface area contributed by atoms with Crippen LogP contribution in [0.5, 0.6) is 11.5 Å². The van der Waals surface area contributed by atoms with Crippen molar-refractivity contribution in [2.45, 2.75) is 112 Å². The van der Waals surface area contributed by atoms with Gasteiger partial charge in [0.2, 0.25) is 0 Å². The van der Waals surface area contributed by atoms with E-state index in [0.717, 1.165) is 44.9 Å². The lowest BCUT2D eigenvalue weighted by Gasteiger charge is -2.71. The van der Waals surface area contributed by atoms with Crippen LogP contribution in [-0.2, 0) is 14.3 Å². The zero-order chi connectivity index (χ0) is 33.5. The number of carbonyl (C=O) groups is 2. The summed E-state index contributed by atoms with van der Waals surface area (Å²) in [5.74, 6) is -1.07. The number of ether oxygens (including phenoxy) is 1. The number of carboxylic acids is 1. The number of rotatable bonds is 5. The second-order valence-corrected chi connectivity index (χ2v) is 17.5. The van der Waals surface area contributed by atoms with Gasteiger partial charge in [-0.05, 0) is 127 Å². The number of allylic oxidation sites excluding steroid dienone is 1. The molecule has 0 saturated heterocycles. The van der Waals surface area contributed by atoms with Crippen molar-refractivity contribution in [3.8, 4) is 11.5 Å². The van der Waals surface area contributed by atoms with Gasteiger partial charge in [0.25, 0.3) is 0 Å². The Morgan fingerprint density at radius 3 is 2.33 bits per heavy atom. The summed E-state index contributed by atoms with van der Waals surface area (Å²) in [6.45, 7) is 14.0. The zero-order valence-corrected chi connectivity index (χ0v) is 28.6. The maximum Gasteiger partial charge on any atom is 0.330 e. The van der Waals surface area contributed by atoms with Crippen LogP contribution in [0.4, 0.5) is 0 Å². The molecule has 0 spiro atoms. The van der Waals surface area contributed by atoms with Crippen LogP contribution in [-0.4, -0.2) is 45.1 Å². The number of aliphatic hydroxyl groups is 1. The first-order valence-corrected chi connectivity index (χ1v) is 17.4. The van der Waals surface area contributed by atoms with Gasteiger partial charge in [0, 0.05) is 11.5 Å². The summed E-state index contributed by atoms with van der Waals surface area (Å²) >= 11 is 0. The highest BCUT2D eigenvalue weighted by molar-refractivity contribution is 5.87. The molecule has 0 heterocycles. The lowest BCUT2D eigenvalue weighted by molar-refractivity contribution is -0.217. The SMILES string of the molecule is CC1(C)CCC2(C(=O)O)CCC3(COC(=O)C=Cc4ccc(O)c(O)c4)C(=CCC4C5(C)CCC(O)C(C)(C)C5CCC43C)C2C1. The molecular weight excluding hydrogens is 580 g/mol. The van der Waals surface area contributed by atoms with Gasteiger partial charge in [0.15, 0.2) is 11.5 Å². The number of benzene rings is 1. The Morgan fingerprint density at radius 1 is 0.913 bits per heavy atom. The van der Waals surface area contributed by atoms with Crippen LogP contribution in [0.15, 0.2) is 35.9 Å². The Morgan fingerprint density at radius 2 is 1.63 bits per heavy atom. The molecule has 5 aliphatic carbocycles. The summed E-state index contributed by atoms with van der Waals surface area (Å²) in [5, 5.41) is 41.4. The molecule has 8 atom stereocenters. The number of phenolic OH excluding ortho intramolecular Hbond substituents is 2. The number of carbonyl (C=O) groups excluding carboxylic acids is 1. The molecule has 0 aromatic heterocycles. The van der Waals surface area contributed by atoms with E-state index >= 15 is 0 Å². The fraction of sp³-hybridized carbons (Fsp3) is 0.692. The van der Waals surface area contributed by atoms with E-state index in [1.165, 1.54) is 23.8 Å². The van der Waals surface area contributed by atoms with Gasteiger partial charge in [0.1, 0.15) is 6.61 Å². The molecule has 0 amide bonds. The molecule has 4 saturated carbocycles. The first-order valence-electron chi connectivity index (χ1n) is 17.4. The Hall–Kier alpha value is -2.80. The quantitative estimate of drug-likeness (QED) is 0.112. The molecule has 1 aromatic carbocycles. The van der Waals surface area contributed by atoms with Gasteiger partial charge >= 0.3 is 11.9 Å². The standard InChI is InChI=1S/C39H54O7/c1-34(2)17-18-38(33(44)45)19-20-39(23-46-32(43)12-8-24-7-10-27(40)28(41)21-24)25(26(38)22-34)9-11-30-36(5)15-14-31(42)35(3,4)29(36)13-16-37(30,39)6/h7-10,12,21,26,29-31,40-42H,11,13-20,22-23H2,1-6H3,(H,44,45). The van der Waals surface area contributed by atoms with Crippen molar-refractivity contribution in [2.24, 2.45) is 50.2 Å². The van der Waals surface area contributed by atoms with Crippen LogP contribution in [0.1, 0.15) is 111 Å². The minimum Gasteiger partial charge on any atom is -0.504 e. The van der Waals surface area contributed by atoms with Crippen molar-refractivity contribution in [1.29, 1.82) is 0 Å². The molecule has 6 rings (SSSR count). The molecule has 252 valence electrons. The summed E-state index contributed by atoms with van der Waals surface area (Å²) in [7, 11) is 0. The lowest BCUT2D eigenvalue weighted by Crippen LogP contribution is -2.66. The van der Waals surface area contributed by atoms with Gasteiger partial charge in [-0.15, -0.1) is 0 Å². The van der Waals surface area contributed by atoms with E-state index in [1.807, 2.05) is 0 Å². The number of carboxylic acid groups (broad SMARTS) is 1. The Labute approximate surface area is 274 Å². The number of aliphatic carboxylic acids is 1. The molecule has 0 radical (unpaired) electrons. The second kappa shape index (κ2) is 10.9. The monoisotopic (exact) mass is 634 g/mol. The molecule has 4 N–H and O–H groups in total. The van der Waals surface area contributed by atoms with Crippen molar-refractivity contribution >= 4 is 18.0 Å². The molecule has 8 unspecified atom stereocenters.